The summed E-state index contributed by atoms with van der Waals surface area (Å²) in [5.41, 5.74) is 3.57. The van der Waals surface area contributed by atoms with Crippen LogP contribution in [0.3, 0.4) is 0 Å². The molecule has 0 spiro atoms. The van der Waals surface area contributed by atoms with Crippen molar-refractivity contribution in [1.29, 1.82) is 0 Å². The predicted molar refractivity (Wildman–Crippen MR) is 54.0 cm³/mol. The van der Waals surface area contributed by atoms with E-state index >= 15 is 0 Å². The van der Waals surface area contributed by atoms with E-state index in [1.54, 1.807) is 0 Å². The van der Waals surface area contributed by atoms with Crippen LogP contribution < -0.4 is 0 Å². The monoisotopic (exact) mass is 196 g/mol. The molecule has 0 heterocycles. The van der Waals surface area contributed by atoms with Crippen molar-refractivity contribution in [3.05, 3.63) is 33.8 Å². The first-order valence-electron chi connectivity index (χ1n) is 4.72. The number of hydrogen-bond acceptors (Lipinski definition) is 1. The Balaban J connectivity index is 2.47. The average Bonchev–Trinajstić information content (AvgIpc) is 2.18. The highest BCUT2D eigenvalue weighted by atomic mass is 35.5. The van der Waals surface area contributed by atoms with Crippen molar-refractivity contribution in [3.63, 3.8) is 0 Å². The Morgan fingerprint density at radius 3 is 2.77 bits per heavy atom. The van der Waals surface area contributed by atoms with Crippen molar-refractivity contribution < 1.29 is 5.11 Å². The number of aliphatic hydroxyl groups is 1. The van der Waals surface area contributed by atoms with Gasteiger partial charge in [-0.1, -0.05) is 17.7 Å². The van der Waals surface area contributed by atoms with Crippen LogP contribution in [0.4, 0.5) is 0 Å². The Bertz CT molecular complexity index is 320. The number of halogens is 1. The maximum absolute atomic E-state index is 9.00. The molecule has 0 bridgehead atoms. The molecular formula is C11H13ClO. The van der Waals surface area contributed by atoms with Crippen LogP contribution >= 0.6 is 11.6 Å². The fourth-order valence-electron chi connectivity index (χ4n) is 1.97. The van der Waals surface area contributed by atoms with E-state index in [-0.39, 0.29) is 6.61 Å². The van der Waals surface area contributed by atoms with Crippen molar-refractivity contribution in [3.8, 4) is 0 Å². The van der Waals surface area contributed by atoms with Crippen LogP contribution in [-0.4, -0.2) is 5.11 Å². The summed E-state index contributed by atoms with van der Waals surface area (Å²) in [6, 6.07) is 3.96. The summed E-state index contributed by atoms with van der Waals surface area (Å²) in [6.45, 7) is 0.0903. The summed E-state index contributed by atoms with van der Waals surface area (Å²) >= 11 is 6.11. The summed E-state index contributed by atoms with van der Waals surface area (Å²) < 4.78 is 0. The molecule has 13 heavy (non-hydrogen) atoms. The lowest BCUT2D eigenvalue weighted by atomic mass is 9.90. The SMILES string of the molecule is OCc1cc(Cl)c2c(c1)CCCC2. The first kappa shape index (κ1) is 9.04. The van der Waals surface area contributed by atoms with Gasteiger partial charge in [-0.2, -0.15) is 0 Å². The Morgan fingerprint density at radius 2 is 2.00 bits per heavy atom. The van der Waals surface area contributed by atoms with Crippen molar-refractivity contribution in [2.24, 2.45) is 0 Å². The van der Waals surface area contributed by atoms with Gasteiger partial charge in [-0.05, 0) is 48.4 Å². The van der Waals surface area contributed by atoms with Gasteiger partial charge >= 0.3 is 0 Å². The van der Waals surface area contributed by atoms with Crippen molar-refractivity contribution in [2.75, 3.05) is 0 Å². The van der Waals surface area contributed by atoms with Crippen molar-refractivity contribution in [1.82, 2.24) is 0 Å². The van der Waals surface area contributed by atoms with Crippen LogP contribution in [0.25, 0.3) is 0 Å². The highest BCUT2D eigenvalue weighted by molar-refractivity contribution is 6.31. The number of aryl methyl sites for hydroxylation is 1. The minimum absolute atomic E-state index is 0.0903. The first-order valence-corrected chi connectivity index (χ1v) is 5.10. The maximum atomic E-state index is 9.00. The number of fused-ring (bicyclic) bond motifs is 1. The molecule has 2 heteroatoms. The molecule has 0 atom stereocenters. The maximum Gasteiger partial charge on any atom is 0.0682 e. The molecule has 70 valence electrons. The Kier molecular flexibility index (Phi) is 2.56. The van der Waals surface area contributed by atoms with Gasteiger partial charge in [0.15, 0.2) is 0 Å². The molecule has 0 saturated carbocycles. The van der Waals surface area contributed by atoms with Crippen LogP contribution in [-0.2, 0) is 19.4 Å². The molecule has 1 aliphatic carbocycles. The Labute approximate surface area is 83.3 Å². The van der Waals surface area contributed by atoms with E-state index in [0.29, 0.717) is 0 Å². The van der Waals surface area contributed by atoms with Gasteiger partial charge in [-0.25, -0.2) is 0 Å². The van der Waals surface area contributed by atoms with Crippen LogP contribution in [0.5, 0.6) is 0 Å². The standard InChI is InChI=1S/C11H13ClO/c12-11-6-8(7-13)5-9-3-1-2-4-10(9)11/h5-6,13H,1-4,7H2. The molecule has 0 radical (unpaired) electrons. The molecule has 0 saturated heterocycles. The van der Waals surface area contributed by atoms with Gasteiger partial charge < -0.3 is 5.11 Å². The van der Waals surface area contributed by atoms with E-state index < -0.39 is 0 Å². The molecule has 1 aromatic rings. The smallest absolute Gasteiger partial charge is 0.0682 e. The minimum Gasteiger partial charge on any atom is -0.392 e. The second-order valence-corrected chi connectivity index (χ2v) is 3.99. The average molecular weight is 197 g/mol. The van der Waals surface area contributed by atoms with E-state index in [0.717, 1.165) is 23.4 Å². The van der Waals surface area contributed by atoms with E-state index in [1.165, 1.54) is 24.0 Å². The van der Waals surface area contributed by atoms with Crippen molar-refractivity contribution >= 4 is 11.6 Å². The molecule has 0 amide bonds. The third-order valence-corrected chi connectivity index (χ3v) is 2.99. The third kappa shape index (κ3) is 1.72. The largest absolute Gasteiger partial charge is 0.392 e. The summed E-state index contributed by atoms with van der Waals surface area (Å²) in [6.07, 6.45) is 4.70. The second kappa shape index (κ2) is 3.69. The lowest BCUT2D eigenvalue weighted by molar-refractivity contribution is 0.281. The second-order valence-electron chi connectivity index (χ2n) is 3.58. The fraction of sp³-hybridized carbons (Fsp3) is 0.455. The molecule has 2 rings (SSSR count). The number of hydrogen-bond donors (Lipinski definition) is 1. The van der Waals surface area contributed by atoms with Gasteiger partial charge in [-0.15, -0.1) is 0 Å². The van der Waals surface area contributed by atoms with Gasteiger partial charge in [0.2, 0.25) is 0 Å². The van der Waals surface area contributed by atoms with Crippen LogP contribution in [0.1, 0.15) is 29.5 Å². The molecule has 1 nitrogen and oxygen atoms in total. The summed E-state index contributed by atoms with van der Waals surface area (Å²) in [5.74, 6) is 0. The molecule has 0 aliphatic heterocycles. The lowest BCUT2D eigenvalue weighted by Gasteiger charge is -2.17. The zero-order valence-corrected chi connectivity index (χ0v) is 8.27. The van der Waals surface area contributed by atoms with Gasteiger partial charge in [0.1, 0.15) is 0 Å². The number of aliphatic hydroxyl groups excluding tert-OH is 1. The first-order chi connectivity index (χ1) is 6.31. The summed E-state index contributed by atoms with van der Waals surface area (Å²) in [4.78, 5) is 0. The molecule has 1 aromatic carbocycles. The predicted octanol–water partition coefficient (Wildman–Crippen LogP) is 2.71. The van der Waals surface area contributed by atoms with E-state index in [4.69, 9.17) is 16.7 Å². The quantitative estimate of drug-likeness (QED) is 0.733. The molecule has 0 unspecified atom stereocenters. The lowest BCUT2D eigenvalue weighted by Crippen LogP contribution is -2.04. The molecule has 0 fully saturated rings. The van der Waals surface area contributed by atoms with Crippen molar-refractivity contribution in [2.45, 2.75) is 32.3 Å². The van der Waals surface area contributed by atoms with Gasteiger partial charge in [-0.3, -0.25) is 0 Å². The van der Waals surface area contributed by atoms with E-state index in [1.807, 2.05) is 6.07 Å². The van der Waals surface area contributed by atoms with Crippen LogP contribution in [0.15, 0.2) is 12.1 Å². The van der Waals surface area contributed by atoms with Gasteiger partial charge in [0.25, 0.3) is 0 Å². The summed E-state index contributed by atoms with van der Waals surface area (Å²) in [7, 11) is 0. The number of benzene rings is 1. The molecular weight excluding hydrogens is 184 g/mol. The highest BCUT2D eigenvalue weighted by Crippen LogP contribution is 2.29. The van der Waals surface area contributed by atoms with Crippen LogP contribution in [0, 0.1) is 0 Å². The topological polar surface area (TPSA) is 20.2 Å². The molecule has 1 N–H and O–H groups in total. The minimum atomic E-state index is 0.0903. The third-order valence-electron chi connectivity index (χ3n) is 2.65. The highest BCUT2D eigenvalue weighted by Gasteiger charge is 2.13. The van der Waals surface area contributed by atoms with E-state index in [9.17, 15) is 0 Å². The Hall–Kier alpha value is -0.530. The van der Waals surface area contributed by atoms with E-state index in [2.05, 4.69) is 6.07 Å². The van der Waals surface area contributed by atoms with Gasteiger partial charge in [0, 0.05) is 5.02 Å². The zero-order chi connectivity index (χ0) is 9.26. The van der Waals surface area contributed by atoms with Crippen LogP contribution in [0.2, 0.25) is 5.02 Å². The number of rotatable bonds is 1. The van der Waals surface area contributed by atoms with Gasteiger partial charge in [0.05, 0.1) is 6.61 Å². The zero-order valence-electron chi connectivity index (χ0n) is 7.52. The normalized spacial score (nSPS) is 15.5. The molecule has 1 aliphatic rings. The molecule has 0 aromatic heterocycles. The summed E-state index contributed by atoms with van der Waals surface area (Å²) in [5, 5.41) is 9.84. The Morgan fingerprint density at radius 1 is 1.23 bits per heavy atom. The fourth-order valence-corrected chi connectivity index (χ4v) is 2.32.